The largest absolute Gasteiger partial charge is 0.494 e. The van der Waals surface area contributed by atoms with E-state index in [1.807, 2.05) is 45.0 Å². The lowest BCUT2D eigenvalue weighted by Crippen LogP contribution is -2.34. The molecule has 0 radical (unpaired) electrons. The summed E-state index contributed by atoms with van der Waals surface area (Å²) in [5.74, 6) is 1.53. The molecule has 0 amide bonds. The molecule has 162 valence electrons. The normalized spacial score (nSPS) is 16.0. The first-order valence-electron chi connectivity index (χ1n) is 10.2. The first kappa shape index (κ1) is 21.8. The van der Waals surface area contributed by atoms with Crippen molar-refractivity contribution in [2.24, 2.45) is 4.99 Å². The molecule has 3 heterocycles. The van der Waals surface area contributed by atoms with Gasteiger partial charge in [0.25, 0.3) is 0 Å². The van der Waals surface area contributed by atoms with Crippen molar-refractivity contribution >= 4 is 28.9 Å². The predicted molar refractivity (Wildman–Crippen MR) is 125 cm³/mol. The minimum absolute atomic E-state index is 0.0480. The van der Waals surface area contributed by atoms with Crippen molar-refractivity contribution in [1.29, 1.82) is 0 Å². The van der Waals surface area contributed by atoms with Gasteiger partial charge in [0, 0.05) is 14.6 Å². The summed E-state index contributed by atoms with van der Waals surface area (Å²) in [5, 5.41) is 9.65. The van der Waals surface area contributed by atoms with Gasteiger partial charge in [-0.3, -0.25) is 9.83 Å². The van der Waals surface area contributed by atoms with E-state index in [4.69, 9.17) is 14.6 Å². The lowest BCUT2D eigenvalue weighted by atomic mass is 10.1. The Morgan fingerprint density at radius 1 is 1.19 bits per heavy atom. The van der Waals surface area contributed by atoms with Crippen LogP contribution < -0.4 is 10.2 Å². The number of benzene rings is 1. The second-order valence-electron chi connectivity index (χ2n) is 7.38. The van der Waals surface area contributed by atoms with Crippen LogP contribution in [0, 0.1) is 27.7 Å². The number of hydrogen-bond donors (Lipinski definition) is 1. The van der Waals surface area contributed by atoms with E-state index in [1.165, 1.54) is 15.3 Å². The van der Waals surface area contributed by atoms with Crippen molar-refractivity contribution in [2.75, 3.05) is 13.2 Å². The molecule has 1 N–H and O–H groups in total. The van der Waals surface area contributed by atoms with Crippen molar-refractivity contribution in [3.05, 3.63) is 62.5 Å². The van der Waals surface area contributed by atoms with Gasteiger partial charge in [0.05, 0.1) is 17.9 Å². The molecule has 8 heteroatoms. The lowest BCUT2D eigenvalue weighted by molar-refractivity contribution is 0.0620. The molecule has 1 aliphatic rings. The average Bonchev–Trinajstić information content (AvgIpc) is 3.09. The van der Waals surface area contributed by atoms with E-state index in [-0.39, 0.29) is 6.04 Å². The number of thiophene rings is 1. The molecule has 0 spiro atoms. The first-order chi connectivity index (χ1) is 15.0. The molecule has 0 saturated heterocycles. The molecule has 0 fully saturated rings. The van der Waals surface area contributed by atoms with Crippen LogP contribution in [0.2, 0.25) is 0 Å². The zero-order chi connectivity index (χ0) is 22.0. The third-order valence-electron chi connectivity index (χ3n) is 5.12. The molecule has 0 saturated carbocycles. The van der Waals surface area contributed by atoms with Gasteiger partial charge in [-0.15, -0.1) is 16.4 Å². The van der Waals surface area contributed by atoms with Crippen molar-refractivity contribution in [3.8, 4) is 5.75 Å². The van der Waals surface area contributed by atoms with Crippen LogP contribution in [-0.2, 0) is 4.84 Å². The van der Waals surface area contributed by atoms with E-state index in [0.717, 1.165) is 32.5 Å². The topological polar surface area (TPSA) is 68.6 Å². The number of rotatable bonds is 6. The van der Waals surface area contributed by atoms with Crippen molar-refractivity contribution in [2.45, 2.75) is 50.6 Å². The number of aliphatic imine (C=N–C) groups is 1. The lowest BCUT2D eigenvalue weighted by Gasteiger charge is -2.24. The van der Waals surface area contributed by atoms with Gasteiger partial charge < -0.3 is 4.74 Å². The summed E-state index contributed by atoms with van der Waals surface area (Å²) in [4.78, 5) is 14.4. The van der Waals surface area contributed by atoms with Crippen LogP contribution in [0.4, 0.5) is 0 Å². The summed E-state index contributed by atoms with van der Waals surface area (Å²) < 4.78 is 5.65. The zero-order valence-corrected chi connectivity index (χ0v) is 20.0. The molecule has 2 aromatic heterocycles. The molecule has 3 aromatic rings. The zero-order valence-electron chi connectivity index (χ0n) is 18.4. The second-order valence-corrected chi connectivity index (χ2v) is 9.90. The SMILES string of the molecule is CCOc1cccc(Sc2nnc(C)c(C)c2C2=N[C@H](c3cc(C)sc3C)CON2)c1. The number of hydrogen-bond acceptors (Lipinski definition) is 8. The fourth-order valence-corrected chi connectivity index (χ4v) is 5.47. The Morgan fingerprint density at radius 3 is 2.77 bits per heavy atom. The molecule has 0 unspecified atom stereocenters. The Kier molecular flexibility index (Phi) is 6.60. The van der Waals surface area contributed by atoms with Crippen LogP contribution in [-0.4, -0.2) is 29.2 Å². The van der Waals surface area contributed by atoms with Gasteiger partial charge in [-0.25, -0.2) is 5.48 Å². The van der Waals surface area contributed by atoms with Crippen LogP contribution in [0.3, 0.4) is 0 Å². The third-order valence-corrected chi connectivity index (χ3v) is 7.07. The maximum absolute atomic E-state index is 5.77. The molecule has 1 atom stereocenters. The Morgan fingerprint density at radius 2 is 2.03 bits per heavy atom. The smallest absolute Gasteiger partial charge is 0.156 e. The number of nitrogens with one attached hydrogen (secondary N) is 1. The second kappa shape index (κ2) is 9.38. The van der Waals surface area contributed by atoms with Gasteiger partial charge in [0.15, 0.2) is 5.84 Å². The minimum Gasteiger partial charge on any atom is -0.494 e. The molecule has 6 nitrogen and oxygen atoms in total. The summed E-state index contributed by atoms with van der Waals surface area (Å²) >= 11 is 3.34. The molecule has 31 heavy (non-hydrogen) atoms. The van der Waals surface area contributed by atoms with Gasteiger partial charge in [-0.2, -0.15) is 5.10 Å². The Bertz CT molecular complexity index is 1130. The third kappa shape index (κ3) is 4.76. The monoisotopic (exact) mass is 454 g/mol. The maximum Gasteiger partial charge on any atom is 0.156 e. The highest BCUT2D eigenvalue weighted by molar-refractivity contribution is 7.99. The number of amidine groups is 1. The quantitative estimate of drug-likeness (QED) is 0.542. The van der Waals surface area contributed by atoms with E-state index < -0.39 is 0 Å². The van der Waals surface area contributed by atoms with Crippen molar-refractivity contribution in [3.63, 3.8) is 0 Å². The van der Waals surface area contributed by atoms with Gasteiger partial charge in [-0.05, 0) is 70.0 Å². The van der Waals surface area contributed by atoms with Crippen molar-refractivity contribution in [1.82, 2.24) is 15.7 Å². The van der Waals surface area contributed by atoms with Gasteiger partial charge in [-0.1, -0.05) is 17.8 Å². The molecule has 0 aliphatic carbocycles. The van der Waals surface area contributed by atoms with Crippen molar-refractivity contribution < 1.29 is 9.57 Å². The highest BCUT2D eigenvalue weighted by atomic mass is 32.2. The predicted octanol–water partition coefficient (Wildman–Crippen LogP) is 5.34. The minimum atomic E-state index is -0.0480. The number of nitrogens with zero attached hydrogens (tertiary/aromatic N) is 3. The molecule has 0 bridgehead atoms. The maximum atomic E-state index is 5.77. The van der Waals surface area contributed by atoms with Crippen LogP contribution >= 0.6 is 23.1 Å². The first-order valence-corrected chi connectivity index (χ1v) is 11.9. The van der Waals surface area contributed by atoms with E-state index in [9.17, 15) is 0 Å². The number of aromatic nitrogens is 2. The highest BCUT2D eigenvalue weighted by Gasteiger charge is 2.25. The Labute approximate surface area is 191 Å². The Balaban J connectivity index is 1.73. The van der Waals surface area contributed by atoms with Gasteiger partial charge in [0.2, 0.25) is 0 Å². The highest BCUT2D eigenvalue weighted by Crippen LogP contribution is 2.35. The van der Waals surface area contributed by atoms with Crippen LogP contribution in [0.1, 0.15) is 45.1 Å². The fraction of sp³-hybridized carbons (Fsp3) is 0.348. The number of ether oxygens (including phenoxy) is 1. The van der Waals surface area contributed by atoms with E-state index in [2.05, 4.69) is 35.6 Å². The summed E-state index contributed by atoms with van der Waals surface area (Å²) in [6.45, 7) is 11.4. The summed E-state index contributed by atoms with van der Waals surface area (Å²) in [5.41, 5.74) is 7.08. The fourth-order valence-electron chi connectivity index (χ4n) is 3.51. The van der Waals surface area contributed by atoms with Crippen LogP contribution in [0.5, 0.6) is 5.75 Å². The average molecular weight is 455 g/mol. The van der Waals surface area contributed by atoms with E-state index in [1.54, 1.807) is 23.1 Å². The van der Waals surface area contributed by atoms with Crippen LogP contribution in [0.25, 0.3) is 0 Å². The van der Waals surface area contributed by atoms with Gasteiger partial charge in [0.1, 0.15) is 23.4 Å². The molecule has 4 rings (SSSR count). The number of hydroxylamine groups is 1. The molecule has 1 aliphatic heterocycles. The van der Waals surface area contributed by atoms with Gasteiger partial charge >= 0.3 is 0 Å². The summed E-state index contributed by atoms with van der Waals surface area (Å²) in [6.07, 6.45) is 0. The molecular formula is C23H26N4O2S2. The summed E-state index contributed by atoms with van der Waals surface area (Å²) in [7, 11) is 0. The Hall–Kier alpha value is -2.42. The molecule has 1 aromatic carbocycles. The van der Waals surface area contributed by atoms with E-state index in [0.29, 0.717) is 19.0 Å². The van der Waals surface area contributed by atoms with Crippen LogP contribution in [0.15, 0.2) is 45.2 Å². The molecular weight excluding hydrogens is 428 g/mol. The number of aryl methyl sites for hydroxylation is 3. The van der Waals surface area contributed by atoms with E-state index >= 15 is 0 Å². The standard InChI is InChI=1S/C23H26N4O2S2/c1-6-28-17-8-7-9-18(11-17)31-23-21(14(3)15(4)25-26-23)22-24-20(12-29-27-22)19-10-13(2)30-16(19)5/h7-11,20H,6,12H2,1-5H3,(H,24,27)/t20-/m0/s1. The summed E-state index contributed by atoms with van der Waals surface area (Å²) in [6, 6.07) is 10.2.